The van der Waals surface area contributed by atoms with Crippen LogP contribution in [0.15, 0.2) is 48.5 Å². The van der Waals surface area contributed by atoms with E-state index in [2.05, 4.69) is 42.2 Å². The van der Waals surface area contributed by atoms with Crippen LogP contribution < -0.4 is 9.47 Å². The molecule has 2 aromatic rings. The second-order valence-corrected chi connectivity index (χ2v) is 7.95. The molecule has 2 aliphatic rings. The lowest BCUT2D eigenvalue weighted by molar-refractivity contribution is -0.0435. The van der Waals surface area contributed by atoms with E-state index in [0.29, 0.717) is 0 Å². The number of rotatable bonds is 5. The third-order valence-corrected chi connectivity index (χ3v) is 6.30. The normalized spacial score (nSPS) is 22.7. The van der Waals surface area contributed by atoms with Gasteiger partial charge in [-0.25, -0.2) is 0 Å². The van der Waals surface area contributed by atoms with E-state index in [-0.39, 0.29) is 12.0 Å². The molecule has 0 aromatic heterocycles. The van der Waals surface area contributed by atoms with E-state index in [1.54, 1.807) is 7.11 Å². The van der Waals surface area contributed by atoms with E-state index in [1.807, 2.05) is 18.2 Å². The van der Waals surface area contributed by atoms with Gasteiger partial charge in [-0.3, -0.25) is 4.90 Å². The quantitative estimate of drug-likeness (QED) is 0.876. The molecule has 4 heteroatoms. The molecule has 2 aromatic carbocycles. The van der Waals surface area contributed by atoms with Gasteiger partial charge in [0.25, 0.3) is 0 Å². The van der Waals surface area contributed by atoms with Crippen LogP contribution in [0, 0.1) is 0 Å². The zero-order valence-corrected chi connectivity index (χ0v) is 16.2. The molecule has 0 bridgehead atoms. The minimum atomic E-state index is -0.620. The highest BCUT2D eigenvalue weighted by Gasteiger charge is 2.38. The molecule has 1 fully saturated rings. The standard InChI is InChI=1S/C23H29NO3/c1-17(18-6-4-3-5-7-18)23(25)10-12-24(13-11-23)16-21-15-19-14-20(26-2)8-9-22(19)27-21/h3-9,14,17,21,25H,10-13,15-16H2,1-2H3. The van der Waals surface area contributed by atoms with Crippen molar-refractivity contribution in [3.05, 3.63) is 59.7 Å². The van der Waals surface area contributed by atoms with E-state index in [9.17, 15) is 5.11 Å². The minimum Gasteiger partial charge on any atom is -0.497 e. The fourth-order valence-corrected chi connectivity index (χ4v) is 4.42. The Bertz CT molecular complexity index is 768. The zero-order chi connectivity index (χ0) is 18.9. The third-order valence-electron chi connectivity index (χ3n) is 6.30. The summed E-state index contributed by atoms with van der Waals surface area (Å²) in [7, 11) is 1.69. The summed E-state index contributed by atoms with van der Waals surface area (Å²) in [4.78, 5) is 2.43. The Morgan fingerprint density at radius 3 is 2.63 bits per heavy atom. The molecule has 0 saturated carbocycles. The van der Waals surface area contributed by atoms with Crippen molar-refractivity contribution in [1.29, 1.82) is 0 Å². The van der Waals surface area contributed by atoms with Crippen LogP contribution in [0.1, 0.15) is 36.8 Å². The van der Waals surface area contributed by atoms with Gasteiger partial charge in [0.15, 0.2) is 0 Å². The Balaban J connectivity index is 1.32. The summed E-state index contributed by atoms with van der Waals surface area (Å²) in [6, 6.07) is 16.4. The lowest BCUT2D eigenvalue weighted by Crippen LogP contribution is -2.49. The Hall–Kier alpha value is -2.04. The first-order valence-corrected chi connectivity index (χ1v) is 9.91. The summed E-state index contributed by atoms with van der Waals surface area (Å²) in [6.07, 6.45) is 2.71. The molecule has 4 nitrogen and oxygen atoms in total. The molecule has 144 valence electrons. The first-order valence-electron chi connectivity index (χ1n) is 9.91. The third kappa shape index (κ3) is 3.83. The zero-order valence-electron chi connectivity index (χ0n) is 16.2. The molecule has 2 heterocycles. The van der Waals surface area contributed by atoms with Crippen LogP contribution in [0.4, 0.5) is 0 Å². The van der Waals surface area contributed by atoms with Crippen LogP contribution in [-0.4, -0.2) is 48.5 Å². The van der Waals surface area contributed by atoms with E-state index in [0.717, 1.165) is 50.4 Å². The van der Waals surface area contributed by atoms with E-state index in [1.165, 1.54) is 11.1 Å². The average molecular weight is 367 g/mol. The molecular weight excluding hydrogens is 338 g/mol. The number of benzene rings is 2. The second-order valence-electron chi connectivity index (χ2n) is 7.95. The number of fused-ring (bicyclic) bond motifs is 1. The molecule has 2 unspecified atom stereocenters. The summed E-state index contributed by atoms with van der Waals surface area (Å²) in [5.41, 5.74) is 1.83. The van der Waals surface area contributed by atoms with Crippen molar-refractivity contribution in [2.45, 2.75) is 43.8 Å². The van der Waals surface area contributed by atoms with Gasteiger partial charge in [0.1, 0.15) is 17.6 Å². The maximum absolute atomic E-state index is 11.2. The van der Waals surface area contributed by atoms with E-state index >= 15 is 0 Å². The van der Waals surface area contributed by atoms with Crippen molar-refractivity contribution in [3.8, 4) is 11.5 Å². The average Bonchev–Trinajstić information content (AvgIpc) is 3.11. The Kier molecular flexibility index (Phi) is 5.11. The van der Waals surface area contributed by atoms with Gasteiger partial charge in [-0.2, -0.15) is 0 Å². The highest BCUT2D eigenvalue weighted by Crippen LogP contribution is 2.37. The van der Waals surface area contributed by atoms with Gasteiger partial charge in [0, 0.05) is 37.5 Å². The molecule has 4 rings (SSSR count). The Morgan fingerprint density at radius 2 is 1.93 bits per heavy atom. The maximum Gasteiger partial charge on any atom is 0.123 e. The molecule has 1 saturated heterocycles. The van der Waals surface area contributed by atoms with E-state index in [4.69, 9.17) is 9.47 Å². The Labute approximate surface area is 161 Å². The lowest BCUT2D eigenvalue weighted by Gasteiger charge is -2.42. The summed E-state index contributed by atoms with van der Waals surface area (Å²) in [6.45, 7) is 4.88. The molecule has 0 radical (unpaired) electrons. The number of likely N-dealkylation sites (tertiary alicyclic amines) is 1. The first kappa shape index (κ1) is 18.3. The van der Waals surface area contributed by atoms with Gasteiger partial charge in [0.2, 0.25) is 0 Å². The fourth-order valence-electron chi connectivity index (χ4n) is 4.42. The number of hydrogen-bond donors (Lipinski definition) is 1. The summed E-state index contributed by atoms with van der Waals surface area (Å²) in [5.74, 6) is 2.02. The van der Waals surface area contributed by atoms with Gasteiger partial charge in [-0.1, -0.05) is 37.3 Å². The molecular formula is C23H29NO3. The van der Waals surface area contributed by atoms with Crippen molar-refractivity contribution in [1.82, 2.24) is 4.90 Å². The monoisotopic (exact) mass is 367 g/mol. The number of hydrogen-bond acceptors (Lipinski definition) is 4. The van der Waals surface area contributed by atoms with Gasteiger partial charge < -0.3 is 14.6 Å². The van der Waals surface area contributed by atoms with Crippen molar-refractivity contribution < 1.29 is 14.6 Å². The van der Waals surface area contributed by atoms with Crippen LogP contribution in [0.2, 0.25) is 0 Å². The van der Waals surface area contributed by atoms with E-state index < -0.39 is 5.60 Å². The predicted molar refractivity (Wildman–Crippen MR) is 107 cm³/mol. The minimum absolute atomic E-state index is 0.153. The summed E-state index contributed by atoms with van der Waals surface area (Å²) in [5, 5.41) is 11.2. The molecule has 1 N–H and O–H groups in total. The predicted octanol–water partition coefficient (Wildman–Crippen LogP) is 3.63. The number of methoxy groups -OCH3 is 1. The van der Waals surface area contributed by atoms with Gasteiger partial charge in [-0.15, -0.1) is 0 Å². The van der Waals surface area contributed by atoms with Crippen LogP contribution in [-0.2, 0) is 6.42 Å². The smallest absolute Gasteiger partial charge is 0.123 e. The first-order chi connectivity index (χ1) is 13.1. The molecule has 2 atom stereocenters. The number of ether oxygens (including phenoxy) is 2. The molecule has 0 amide bonds. The SMILES string of the molecule is COc1ccc2c(c1)CC(CN1CCC(O)(C(C)c3ccccc3)CC1)O2. The van der Waals surface area contributed by atoms with Gasteiger partial charge >= 0.3 is 0 Å². The van der Waals surface area contributed by atoms with Crippen molar-refractivity contribution in [3.63, 3.8) is 0 Å². The van der Waals surface area contributed by atoms with Gasteiger partial charge in [0.05, 0.1) is 12.7 Å². The Morgan fingerprint density at radius 1 is 1.19 bits per heavy atom. The number of nitrogens with zero attached hydrogens (tertiary/aromatic N) is 1. The molecule has 27 heavy (non-hydrogen) atoms. The van der Waals surface area contributed by atoms with Crippen molar-refractivity contribution >= 4 is 0 Å². The molecule has 0 spiro atoms. The second kappa shape index (κ2) is 7.53. The topological polar surface area (TPSA) is 41.9 Å². The summed E-state index contributed by atoms with van der Waals surface area (Å²) < 4.78 is 11.4. The van der Waals surface area contributed by atoms with Crippen LogP contribution in [0.3, 0.4) is 0 Å². The van der Waals surface area contributed by atoms with Crippen molar-refractivity contribution in [2.24, 2.45) is 0 Å². The largest absolute Gasteiger partial charge is 0.497 e. The highest BCUT2D eigenvalue weighted by molar-refractivity contribution is 5.43. The maximum atomic E-state index is 11.2. The molecule has 0 aliphatic carbocycles. The van der Waals surface area contributed by atoms with Crippen LogP contribution in [0.5, 0.6) is 11.5 Å². The highest BCUT2D eigenvalue weighted by atomic mass is 16.5. The van der Waals surface area contributed by atoms with Crippen LogP contribution >= 0.6 is 0 Å². The van der Waals surface area contributed by atoms with Gasteiger partial charge in [-0.05, 0) is 36.6 Å². The van der Waals surface area contributed by atoms with Crippen molar-refractivity contribution in [2.75, 3.05) is 26.7 Å². The lowest BCUT2D eigenvalue weighted by atomic mass is 9.77. The van der Waals surface area contributed by atoms with Crippen LogP contribution in [0.25, 0.3) is 0 Å². The number of aliphatic hydroxyl groups is 1. The number of piperidine rings is 1. The summed E-state index contributed by atoms with van der Waals surface area (Å²) >= 11 is 0. The fraction of sp³-hybridized carbons (Fsp3) is 0.478. The molecule has 2 aliphatic heterocycles.